The van der Waals surface area contributed by atoms with Crippen molar-refractivity contribution in [1.29, 1.82) is 0 Å². The summed E-state index contributed by atoms with van der Waals surface area (Å²) in [7, 11) is -2.10. The van der Waals surface area contributed by atoms with Gasteiger partial charge in [0.25, 0.3) is 5.56 Å². The third kappa shape index (κ3) is 3.31. The van der Waals surface area contributed by atoms with Gasteiger partial charge in [0.2, 0.25) is 10.0 Å². The Labute approximate surface area is 105 Å². The highest BCUT2D eigenvalue weighted by Gasteiger charge is 2.22. The summed E-state index contributed by atoms with van der Waals surface area (Å²) in [5, 5.41) is -0.135. The molecule has 0 fully saturated rings. The number of sulfonamides is 1. The fraction of sp³-hybridized carbons (Fsp3) is 0.500. The van der Waals surface area contributed by atoms with Gasteiger partial charge in [0.15, 0.2) is 0 Å². The standard InChI is InChI=1S/C10H15ClN2O3S/c1-7(2)6-13(3)17(15,16)8-4-9(11)10(14)12-5-8/h4-5,7H,6H2,1-3H3,(H,12,14). The van der Waals surface area contributed by atoms with Crippen molar-refractivity contribution in [2.24, 2.45) is 5.92 Å². The van der Waals surface area contributed by atoms with Gasteiger partial charge in [0.1, 0.15) is 5.02 Å². The van der Waals surface area contributed by atoms with E-state index >= 15 is 0 Å². The van der Waals surface area contributed by atoms with E-state index in [1.54, 1.807) is 0 Å². The fourth-order valence-corrected chi connectivity index (χ4v) is 2.94. The smallest absolute Gasteiger partial charge is 0.266 e. The summed E-state index contributed by atoms with van der Waals surface area (Å²) in [6, 6.07) is 1.16. The number of rotatable bonds is 4. The van der Waals surface area contributed by atoms with Crippen LogP contribution in [0.2, 0.25) is 5.02 Å². The van der Waals surface area contributed by atoms with Crippen molar-refractivity contribution in [2.45, 2.75) is 18.7 Å². The number of halogens is 1. The van der Waals surface area contributed by atoms with Crippen molar-refractivity contribution < 1.29 is 8.42 Å². The van der Waals surface area contributed by atoms with E-state index in [-0.39, 0.29) is 15.8 Å². The lowest BCUT2D eigenvalue weighted by atomic mass is 10.2. The first-order chi connectivity index (χ1) is 7.75. The predicted octanol–water partition coefficient (Wildman–Crippen LogP) is 1.30. The fourth-order valence-electron chi connectivity index (χ4n) is 1.38. The number of aromatic nitrogens is 1. The van der Waals surface area contributed by atoms with Gasteiger partial charge in [-0.2, -0.15) is 0 Å². The zero-order valence-electron chi connectivity index (χ0n) is 9.90. The van der Waals surface area contributed by atoms with Gasteiger partial charge < -0.3 is 4.98 Å². The van der Waals surface area contributed by atoms with Crippen molar-refractivity contribution in [1.82, 2.24) is 9.29 Å². The van der Waals surface area contributed by atoms with E-state index in [9.17, 15) is 13.2 Å². The van der Waals surface area contributed by atoms with E-state index in [1.807, 2.05) is 13.8 Å². The number of H-pyrrole nitrogens is 1. The SMILES string of the molecule is CC(C)CN(C)S(=O)(=O)c1c[nH]c(=O)c(Cl)c1. The van der Waals surface area contributed by atoms with Crippen molar-refractivity contribution >= 4 is 21.6 Å². The number of nitrogens with zero attached hydrogens (tertiary/aromatic N) is 1. The number of nitrogens with one attached hydrogen (secondary N) is 1. The minimum Gasteiger partial charge on any atom is -0.326 e. The van der Waals surface area contributed by atoms with Crippen LogP contribution in [0.15, 0.2) is 22.0 Å². The van der Waals surface area contributed by atoms with E-state index in [0.29, 0.717) is 6.54 Å². The van der Waals surface area contributed by atoms with Crippen LogP contribution in [0.25, 0.3) is 0 Å². The molecule has 0 aliphatic heterocycles. The molecule has 0 aliphatic rings. The molecule has 0 unspecified atom stereocenters. The summed E-state index contributed by atoms with van der Waals surface area (Å²) >= 11 is 5.60. The normalized spacial score (nSPS) is 12.4. The number of pyridine rings is 1. The monoisotopic (exact) mass is 278 g/mol. The maximum Gasteiger partial charge on any atom is 0.266 e. The molecule has 0 atom stereocenters. The molecule has 1 aromatic rings. The Morgan fingerprint density at radius 1 is 1.47 bits per heavy atom. The van der Waals surface area contributed by atoms with Gasteiger partial charge in [-0.1, -0.05) is 25.4 Å². The Kier molecular flexibility index (Phi) is 4.35. The van der Waals surface area contributed by atoms with Crippen LogP contribution in [-0.2, 0) is 10.0 Å². The lowest BCUT2D eigenvalue weighted by Gasteiger charge is -2.18. The molecular weight excluding hydrogens is 264 g/mol. The molecule has 1 aromatic heterocycles. The maximum absolute atomic E-state index is 12.1. The second kappa shape index (κ2) is 5.20. The molecule has 0 spiro atoms. The predicted molar refractivity (Wildman–Crippen MR) is 66.7 cm³/mol. The Morgan fingerprint density at radius 2 is 2.06 bits per heavy atom. The van der Waals surface area contributed by atoms with Gasteiger partial charge >= 0.3 is 0 Å². The van der Waals surface area contributed by atoms with E-state index in [4.69, 9.17) is 11.6 Å². The lowest BCUT2D eigenvalue weighted by Crippen LogP contribution is -2.30. The van der Waals surface area contributed by atoms with E-state index < -0.39 is 15.6 Å². The number of hydrogen-bond donors (Lipinski definition) is 1. The summed E-state index contributed by atoms with van der Waals surface area (Å²) in [5.41, 5.74) is -0.503. The highest BCUT2D eigenvalue weighted by Crippen LogP contribution is 2.16. The molecule has 0 saturated carbocycles. The Bertz CT molecular complexity index is 551. The van der Waals surface area contributed by atoms with Gasteiger partial charge in [0, 0.05) is 19.8 Å². The highest BCUT2D eigenvalue weighted by atomic mass is 35.5. The molecular formula is C10H15ClN2O3S. The molecule has 5 nitrogen and oxygen atoms in total. The minimum atomic E-state index is -3.59. The van der Waals surface area contributed by atoms with Gasteiger partial charge in [0.05, 0.1) is 4.90 Å². The van der Waals surface area contributed by atoms with Crippen molar-refractivity contribution in [2.75, 3.05) is 13.6 Å². The van der Waals surface area contributed by atoms with Gasteiger partial charge in [-0.3, -0.25) is 4.79 Å². The van der Waals surface area contributed by atoms with Crippen molar-refractivity contribution in [3.63, 3.8) is 0 Å². The Hall–Kier alpha value is -0.850. The van der Waals surface area contributed by atoms with Crippen LogP contribution in [0.1, 0.15) is 13.8 Å². The topological polar surface area (TPSA) is 70.2 Å². The molecule has 7 heteroatoms. The zero-order valence-corrected chi connectivity index (χ0v) is 11.5. The first kappa shape index (κ1) is 14.2. The molecule has 0 aliphatic carbocycles. The summed E-state index contributed by atoms with van der Waals surface area (Å²) in [4.78, 5) is 13.3. The quantitative estimate of drug-likeness (QED) is 0.903. The molecule has 0 saturated heterocycles. The minimum absolute atomic E-state index is 0.00903. The third-order valence-electron chi connectivity index (χ3n) is 2.16. The summed E-state index contributed by atoms with van der Waals surface area (Å²) < 4.78 is 25.4. The van der Waals surface area contributed by atoms with Gasteiger partial charge in [-0.25, -0.2) is 12.7 Å². The molecule has 1 rings (SSSR count). The second-order valence-corrected chi connectivity index (χ2v) is 6.64. The van der Waals surface area contributed by atoms with Gasteiger partial charge in [-0.15, -0.1) is 0 Å². The average Bonchev–Trinajstić information content (AvgIpc) is 2.20. The average molecular weight is 279 g/mol. The maximum atomic E-state index is 12.1. The summed E-state index contributed by atoms with van der Waals surface area (Å²) in [6.07, 6.45) is 1.15. The van der Waals surface area contributed by atoms with Crippen LogP contribution < -0.4 is 5.56 Å². The molecule has 0 radical (unpaired) electrons. The van der Waals surface area contributed by atoms with Crippen LogP contribution in [-0.4, -0.2) is 31.3 Å². The van der Waals surface area contributed by atoms with Crippen molar-refractivity contribution in [3.05, 3.63) is 27.6 Å². The van der Waals surface area contributed by atoms with Crippen molar-refractivity contribution in [3.8, 4) is 0 Å². The van der Waals surface area contributed by atoms with Gasteiger partial charge in [-0.05, 0) is 12.0 Å². The first-order valence-electron chi connectivity index (χ1n) is 5.09. The molecule has 0 bridgehead atoms. The number of aromatic amines is 1. The molecule has 0 amide bonds. The molecule has 17 heavy (non-hydrogen) atoms. The Balaban J connectivity index is 3.13. The molecule has 0 aromatic carbocycles. The van der Waals surface area contributed by atoms with Crippen LogP contribution >= 0.6 is 11.6 Å². The summed E-state index contributed by atoms with van der Waals surface area (Å²) in [5.74, 6) is 0.216. The second-order valence-electron chi connectivity index (χ2n) is 4.19. The summed E-state index contributed by atoms with van der Waals surface area (Å²) in [6.45, 7) is 4.25. The molecule has 1 heterocycles. The van der Waals surface area contributed by atoms with Crippen LogP contribution in [0.5, 0.6) is 0 Å². The largest absolute Gasteiger partial charge is 0.326 e. The molecule has 1 N–H and O–H groups in total. The first-order valence-corrected chi connectivity index (χ1v) is 6.91. The number of hydrogen-bond acceptors (Lipinski definition) is 3. The zero-order chi connectivity index (χ0) is 13.2. The highest BCUT2D eigenvalue weighted by molar-refractivity contribution is 7.89. The van der Waals surface area contributed by atoms with Crippen LogP contribution in [0.3, 0.4) is 0 Å². The third-order valence-corrected chi connectivity index (χ3v) is 4.24. The van der Waals surface area contributed by atoms with Crippen LogP contribution in [0.4, 0.5) is 0 Å². The van der Waals surface area contributed by atoms with E-state index in [2.05, 4.69) is 4.98 Å². The Morgan fingerprint density at radius 3 is 2.53 bits per heavy atom. The van der Waals surface area contributed by atoms with E-state index in [1.165, 1.54) is 11.4 Å². The van der Waals surface area contributed by atoms with E-state index in [0.717, 1.165) is 12.3 Å². The molecule has 96 valence electrons. The lowest BCUT2D eigenvalue weighted by molar-refractivity contribution is 0.417. The van der Waals surface area contributed by atoms with Crippen LogP contribution in [0, 0.1) is 5.92 Å².